The first kappa shape index (κ1) is 11.0. The van der Waals surface area contributed by atoms with Gasteiger partial charge in [0.25, 0.3) is 0 Å². The fourth-order valence-electron chi connectivity index (χ4n) is 1.42. The Morgan fingerprint density at radius 2 is 2.19 bits per heavy atom. The summed E-state index contributed by atoms with van der Waals surface area (Å²) >= 11 is 1.23. The van der Waals surface area contributed by atoms with Crippen molar-refractivity contribution in [3.8, 4) is 11.3 Å². The molecule has 84 valence electrons. The maximum atomic E-state index is 4.31. The highest BCUT2D eigenvalue weighted by atomic mass is 32.1. The van der Waals surface area contributed by atoms with Crippen LogP contribution in [0.2, 0.25) is 0 Å². The van der Waals surface area contributed by atoms with E-state index < -0.39 is 0 Å². The maximum absolute atomic E-state index is 4.31. The molecule has 0 aliphatic rings. The van der Waals surface area contributed by atoms with Crippen LogP contribution >= 0.6 is 11.7 Å². The highest BCUT2D eigenvalue weighted by Gasteiger charge is 2.09. The number of anilines is 1. The average Bonchev–Trinajstić information content (AvgIpc) is 2.74. The van der Waals surface area contributed by atoms with Crippen molar-refractivity contribution < 1.29 is 0 Å². The number of hydrogen-bond acceptors (Lipinski definition) is 5. The van der Waals surface area contributed by atoms with Crippen LogP contribution in [-0.4, -0.2) is 20.3 Å². The van der Waals surface area contributed by atoms with E-state index in [4.69, 9.17) is 0 Å². The predicted octanol–water partition coefficient (Wildman–Crippen LogP) is 2.73. The molecule has 0 unspecified atom stereocenters. The topological polar surface area (TPSA) is 50.7 Å². The Hall–Kier alpha value is -1.49. The molecule has 0 saturated carbocycles. The maximum Gasteiger partial charge on any atom is 0.168 e. The SMILES string of the molecule is CCCNc1nsnc1-c1cncc(C)c1. The molecule has 2 heterocycles. The van der Waals surface area contributed by atoms with Crippen LogP contribution in [0.4, 0.5) is 5.82 Å². The molecule has 0 spiro atoms. The van der Waals surface area contributed by atoms with Crippen LogP contribution in [0.15, 0.2) is 18.5 Å². The molecule has 5 heteroatoms. The Morgan fingerprint density at radius 3 is 2.94 bits per heavy atom. The van der Waals surface area contributed by atoms with Crippen LogP contribution < -0.4 is 5.32 Å². The molecule has 0 amide bonds. The second-order valence-electron chi connectivity index (χ2n) is 3.64. The summed E-state index contributed by atoms with van der Waals surface area (Å²) in [6.45, 7) is 5.06. The van der Waals surface area contributed by atoms with Gasteiger partial charge >= 0.3 is 0 Å². The van der Waals surface area contributed by atoms with Gasteiger partial charge < -0.3 is 5.32 Å². The molecule has 0 radical (unpaired) electrons. The van der Waals surface area contributed by atoms with Crippen LogP contribution in [0.1, 0.15) is 18.9 Å². The van der Waals surface area contributed by atoms with Gasteiger partial charge in [-0.15, -0.1) is 0 Å². The Kier molecular flexibility index (Phi) is 3.46. The van der Waals surface area contributed by atoms with Crippen molar-refractivity contribution in [2.24, 2.45) is 0 Å². The lowest BCUT2D eigenvalue weighted by Gasteiger charge is -2.03. The van der Waals surface area contributed by atoms with Gasteiger partial charge in [0.1, 0.15) is 5.69 Å². The molecule has 2 aromatic rings. The molecule has 2 aromatic heterocycles. The van der Waals surface area contributed by atoms with E-state index in [9.17, 15) is 0 Å². The van der Waals surface area contributed by atoms with Gasteiger partial charge in [0.2, 0.25) is 0 Å². The van der Waals surface area contributed by atoms with Gasteiger partial charge in [0, 0.05) is 24.5 Å². The van der Waals surface area contributed by atoms with Gasteiger partial charge in [0.15, 0.2) is 5.82 Å². The Bertz CT molecular complexity index is 467. The van der Waals surface area contributed by atoms with Crippen molar-refractivity contribution in [3.63, 3.8) is 0 Å². The Balaban J connectivity index is 2.29. The molecule has 2 rings (SSSR count). The highest BCUT2D eigenvalue weighted by Crippen LogP contribution is 2.25. The third-order valence-electron chi connectivity index (χ3n) is 2.18. The second kappa shape index (κ2) is 5.03. The Labute approximate surface area is 99.1 Å². The summed E-state index contributed by atoms with van der Waals surface area (Å²) in [5, 5.41) is 3.27. The third-order valence-corrected chi connectivity index (χ3v) is 2.71. The molecule has 16 heavy (non-hydrogen) atoms. The van der Waals surface area contributed by atoms with Crippen molar-refractivity contribution >= 4 is 17.5 Å². The molecule has 0 aliphatic carbocycles. The van der Waals surface area contributed by atoms with Crippen LogP contribution in [0, 0.1) is 6.92 Å². The summed E-state index contributed by atoms with van der Waals surface area (Å²) in [5.74, 6) is 0.860. The third kappa shape index (κ3) is 2.36. The molecule has 0 fully saturated rings. The summed E-state index contributed by atoms with van der Waals surface area (Å²) in [5.41, 5.74) is 3.05. The fourth-order valence-corrected chi connectivity index (χ4v) is 1.97. The van der Waals surface area contributed by atoms with Gasteiger partial charge in [-0.05, 0) is 25.0 Å². The lowest BCUT2D eigenvalue weighted by Crippen LogP contribution is -2.01. The number of aryl methyl sites for hydroxylation is 1. The molecule has 0 atom stereocenters. The van der Waals surface area contributed by atoms with Gasteiger partial charge in [-0.1, -0.05) is 6.92 Å². The summed E-state index contributed by atoms with van der Waals surface area (Å²) < 4.78 is 8.56. The second-order valence-corrected chi connectivity index (χ2v) is 4.17. The summed E-state index contributed by atoms with van der Waals surface area (Å²) in [6.07, 6.45) is 4.73. The lowest BCUT2D eigenvalue weighted by atomic mass is 10.1. The smallest absolute Gasteiger partial charge is 0.168 e. The van der Waals surface area contributed by atoms with Crippen molar-refractivity contribution in [1.29, 1.82) is 0 Å². The van der Waals surface area contributed by atoms with Crippen molar-refractivity contribution in [2.75, 3.05) is 11.9 Å². The lowest BCUT2D eigenvalue weighted by molar-refractivity contribution is 0.974. The van der Waals surface area contributed by atoms with E-state index in [1.54, 1.807) is 0 Å². The van der Waals surface area contributed by atoms with Crippen LogP contribution in [0.3, 0.4) is 0 Å². The van der Waals surface area contributed by atoms with E-state index in [0.29, 0.717) is 0 Å². The van der Waals surface area contributed by atoms with Crippen LogP contribution in [0.25, 0.3) is 11.3 Å². The highest BCUT2D eigenvalue weighted by molar-refractivity contribution is 6.99. The van der Waals surface area contributed by atoms with Crippen LogP contribution in [0.5, 0.6) is 0 Å². The average molecular weight is 234 g/mol. The molecule has 1 N–H and O–H groups in total. The zero-order valence-electron chi connectivity index (χ0n) is 9.40. The molecular weight excluding hydrogens is 220 g/mol. The van der Waals surface area contributed by atoms with Gasteiger partial charge in [-0.3, -0.25) is 4.98 Å². The number of rotatable bonds is 4. The van der Waals surface area contributed by atoms with Gasteiger partial charge in [-0.25, -0.2) is 0 Å². The number of pyridine rings is 1. The predicted molar refractivity (Wildman–Crippen MR) is 66.7 cm³/mol. The minimum Gasteiger partial charge on any atom is -0.367 e. The van der Waals surface area contributed by atoms with E-state index in [1.165, 1.54) is 11.7 Å². The molecule has 0 saturated heterocycles. The first-order valence-corrected chi connectivity index (χ1v) is 6.02. The monoisotopic (exact) mass is 234 g/mol. The molecule has 0 aliphatic heterocycles. The van der Waals surface area contributed by atoms with Crippen molar-refractivity contribution in [3.05, 3.63) is 24.0 Å². The first-order valence-electron chi connectivity index (χ1n) is 5.29. The largest absolute Gasteiger partial charge is 0.367 e. The number of nitrogens with zero attached hydrogens (tertiary/aromatic N) is 3. The molecule has 0 bridgehead atoms. The minimum absolute atomic E-state index is 0.860. The minimum atomic E-state index is 0.860. The van der Waals surface area contributed by atoms with E-state index in [0.717, 1.165) is 35.6 Å². The Morgan fingerprint density at radius 1 is 1.31 bits per heavy atom. The standard InChI is InChI=1S/C11H14N4S/c1-3-4-13-11-10(14-16-15-11)9-5-8(2)6-12-7-9/h5-7H,3-4H2,1-2H3,(H,13,15). The normalized spacial score (nSPS) is 10.4. The van der Waals surface area contributed by atoms with Crippen molar-refractivity contribution in [2.45, 2.75) is 20.3 Å². The number of nitrogens with one attached hydrogen (secondary N) is 1. The van der Waals surface area contributed by atoms with E-state index in [1.807, 2.05) is 19.3 Å². The van der Waals surface area contributed by atoms with E-state index in [-0.39, 0.29) is 0 Å². The van der Waals surface area contributed by atoms with Crippen LogP contribution in [-0.2, 0) is 0 Å². The summed E-state index contributed by atoms with van der Waals surface area (Å²) in [7, 11) is 0. The molecular formula is C11H14N4S. The summed E-state index contributed by atoms with van der Waals surface area (Å²) in [6, 6.07) is 2.07. The van der Waals surface area contributed by atoms with E-state index in [2.05, 4.69) is 32.0 Å². The first-order chi connectivity index (χ1) is 7.81. The zero-order valence-corrected chi connectivity index (χ0v) is 10.2. The fraction of sp³-hybridized carbons (Fsp3) is 0.364. The zero-order chi connectivity index (χ0) is 11.4. The van der Waals surface area contributed by atoms with Crippen molar-refractivity contribution in [1.82, 2.24) is 13.7 Å². The molecule has 4 nitrogen and oxygen atoms in total. The number of aromatic nitrogens is 3. The van der Waals surface area contributed by atoms with Gasteiger partial charge in [-0.2, -0.15) is 8.75 Å². The quantitative estimate of drug-likeness (QED) is 0.883. The van der Waals surface area contributed by atoms with Gasteiger partial charge in [0.05, 0.1) is 11.7 Å². The van der Waals surface area contributed by atoms with E-state index >= 15 is 0 Å². The summed E-state index contributed by atoms with van der Waals surface area (Å²) in [4.78, 5) is 4.17. The number of hydrogen-bond donors (Lipinski definition) is 1. The molecule has 0 aromatic carbocycles.